The number of nitrogens with two attached hydrogens (primary N) is 1. The van der Waals surface area contributed by atoms with Gasteiger partial charge in [0.25, 0.3) is 5.91 Å². The first-order valence-corrected chi connectivity index (χ1v) is 13.8. The van der Waals surface area contributed by atoms with Crippen LogP contribution in [-0.4, -0.2) is 35.6 Å². The number of carbonyl (C=O) groups excluding carboxylic acids is 1. The van der Waals surface area contributed by atoms with Crippen LogP contribution < -0.4 is 11.1 Å². The summed E-state index contributed by atoms with van der Waals surface area (Å²) in [5.41, 5.74) is 13.2. The van der Waals surface area contributed by atoms with Crippen molar-refractivity contribution in [2.75, 3.05) is 19.7 Å². The molecule has 0 radical (unpaired) electrons. The zero-order valence-corrected chi connectivity index (χ0v) is 23.5. The molecule has 2 aliphatic heterocycles. The molecule has 37 heavy (non-hydrogen) atoms. The Labute approximate surface area is 226 Å². The quantitative estimate of drug-likeness (QED) is 0.281. The third-order valence-corrected chi connectivity index (χ3v) is 6.86. The number of allylic oxidation sites excluding steroid dienone is 1. The van der Waals surface area contributed by atoms with Crippen molar-refractivity contribution in [2.45, 2.75) is 72.8 Å². The van der Waals surface area contributed by atoms with Gasteiger partial charge in [0.1, 0.15) is 5.69 Å². The van der Waals surface area contributed by atoms with Crippen molar-refractivity contribution >= 4 is 28.9 Å². The Kier molecular flexibility index (Phi) is 12.1. The number of aliphatic hydroxyl groups is 1. The Hall–Kier alpha value is -2.90. The predicted molar refractivity (Wildman–Crippen MR) is 153 cm³/mol. The molecule has 4 rings (SSSR count). The monoisotopic (exact) mass is 528 g/mol. The molecule has 1 saturated heterocycles. The van der Waals surface area contributed by atoms with Crippen LogP contribution in [0.3, 0.4) is 0 Å². The van der Waals surface area contributed by atoms with E-state index in [1.54, 1.807) is 12.1 Å². The molecule has 202 valence electrons. The number of nitroso groups, excluding NO2 is 1. The summed E-state index contributed by atoms with van der Waals surface area (Å²) in [7, 11) is 0. The second kappa shape index (κ2) is 14.7. The van der Waals surface area contributed by atoms with Crippen molar-refractivity contribution in [2.24, 2.45) is 10.9 Å². The van der Waals surface area contributed by atoms with Gasteiger partial charge in [0.15, 0.2) is 0 Å². The maximum Gasteiger partial charge on any atom is 0.251 e. The molecule has 7 nitrogen and oxygen atoms in total. The summed E-state index contributed by atoms with van der Waals surface area (Å²) in [4.78, 5) is 26.5. The van der Waals surface area contributed by atoms with Crippen LogP contribution in [0.5, 0.6) is 0 Å². The van der Waals surface area contributed by atoms with E-state index >= 15 is 0 Å². The van der Waals surface area contributed by atoms with E-state index < -0.39 is 0 Å². The number of hydrogen-bond donors (Lipinski definition) is 3. The number of hydrogen-bond acceptors (Lipinski definition) is 6. The van der Waals surface area contributed by atoms with Crippen LogP contribution >= 0.6 is 11.6 Å². The summed E-state index contributed by atoms with van der Waals surface area (Å²) in [5.74, 6) is -0.153. The third kappa shape index (κ3) is 6.51. The van der Waals surface area contributed by atoms with Gasteiger partial charge in [0.05, 0.1) is 16.8 Å². The highest BCUT2D eigenvalue weighted by molar-refractivity contribution is 6.33. The SMILES string of the molecule is CC.CC.CCc1cc(N=O)c(Cl)cc1C1=C(N)Cc2c(C(=O)NCCCO)cccc2C2CCCN12. The van der Waals surface area contributed by atoms with Crippen LogP contribution in [0.2, 0.25) is 5.02 Å². The second-order valence-electron chi connectivity index (χ2n) is 8.51. The van der Waals surface area contributed by atoms with Crippen molar-refractivity contribution in [3.05, 3.63) is 73.8 Å². The zero-order chi connectivity index (χ0) is 27.5. The molecule has 2 heterocycles. The normalized spacial score (nSPS) is 15.9. The number of fused-ring (bicyclic) bond motifs is 3. The Balaban J connectivity index is 0.00000115. The largest absolute Gasteiger partial charge is 0.400 e. The van der Waals surface area contributed by atoms with E-state index in [1.165, 1.54) is 0 Å². The Morgan fingerprint density at radius 1 is 1.24 bits per heavy atom. The fraction of sp³-hybridized carbons (Fsp3) is 0.483. The molecule has 0 bridgehead atoms. The van der Waals surface area contributed by atoms with Gasteiger partial charge in [-0.3, -0.25) is 4.79 Å². The van der Waals surface area contributed by atoms with E-state index in [-0.39, 0.29) is 24.2 Å². The van der Waals surface area contributed by atoms with Crippen LogP contribution in [0.15, 0.2) is 41.2 Å². The van der Waals surface area contributed by atoms with Crippen LogP contribution in [0, 0.1) is 4.91 Å². The fourth-order valence-corrected chi connectivity index (χ4v) is 5.23. The van der Waals surface area contributed by atoms with Gasteiger partial charge in [-0.2, -0.15) is 0 Å². The van der Waals surface area contributed by atoms with Gasteiger partial charge >= 0.3 is 0 Å². The van der Waals surface area contributed by atoms with Crippen molar-refractivity contribution in [1.82, 2.24) is 10.2 Å². The summed E-state index contributed by atoms with van der Waals surface area (Å²) in [6.07, 6.45) is 3.63. The number of aryl methyl sites for hydroxylation is 1. The Morgan fingerprint density at radius 3 is 2.62 bits per heavy atom. The molecule has 2 aliphatic rings. The van der Waals surface area contributed by atoms with Gasteiger partial charge in [0, 0.05) is 42.9 Å². The zero-order valence-electron chi connectivity index (χ0n) is 22.7. The molecule has 2 aromatic rings. The lowest BCUT2D eigenvalue weighted by atomic mass is 9.92. The number of amides is 1. The molecule has 1 fully saturated rings. The molecule has 4 N–H and O–H groups in total. The first-order valence-electron chi connectivity index (χ1n) is 13.4. The first-order chi connectivity index (χ1) is 18.0. The summed E-state index contributed by atoms with van der Waals surface area (Å²) in [6, 6.07) is 9.50. The summed E-state index contributed by atoms with van der Waals surface area (Å²) in [6.45, 7) is 11.3. The third-order valence-electron chi connectivity index (χ3n) is 6.55. The minimum Gasteiger partial charge on any atom is -0.400 e. The minimum absolute atomic E-state index is 0.0317. The van der Waals surface area contributed by atoms with Gasteiger partial charge in [-0.1, -0.05) is 58.4 Å². The van der Waals surface area contributed by atoms with E-state index in [2.05, 4.69) is 21.5 Å². The maximum absolute atomic E-state index is 12.9. The Morgan fingerprint density at radius 2 is 1.97 bits per heavy atom. The molecule has 8 heteroatoms. The number of aliphatic hydroxyl groups excluding tert-OH is 1. The van der Waals surface area contributed by atoms with Crippen molar-refractivity contribution in [1.29, 1.82) is 0 Å². The van der Waals surface area contributed by atoms with Crippen LogP contribution in [0.25, 0.3) is 5.70 Å². The molecular weight excluding hydrogens is 488 g/mol. The van der Waals surface area contributed by atoms with E-state index in [4.69, 9.17) is 22.4 Å². The molecule has 0 aromatic heterocycles. The lowest BCUT2D eigenvalue weighted by Gasteiger charge is -2.31. The van der Waals surface area contributed by atoms with Crippen LogP contribution in [0.1, 0.15) is 92.5 Å². The highest BCUT2D eigenvalue weighted by Crippen LogP contribution is 2.45. The Bertz CT molecular complexity index is 1120. The number of carbonyl (C=O) groups is 1. The number of nitrogens with zero attached hydrogens (tertiary/aromatic N) is 2. The summed E-state index contributed by atoms with van der Waals surface area (Å²) >= 11 is 6.38. The lowest BCUT2D eigenvalue weighted by molar-refractivity contribution is 0.0950. The van der Waals surface area contributed by atoms with Crippen molar-refractivity contribution in [3.8, 4) is 0 Å². The van der Waals surface area contributed by atoms with Gasteiger partial charge in [-0.15, -0.1) is 4.91 Å². The smallest absolute Gasteiger partial charge is 0.251 e. The summed E-state index contributed by atoms with van der Waals surface area (Å²) < 4.78 is 0. The van der Waals surface area contributed by atoms with Crippen LogP contribution in [0.4, 0.5) is 5.69 Å². The highest BCUT2D eigenvalue weighted by Gasteiger charge is 2.36. The van der Waals surface area contributed by atoms with Gasteiger partial charge < -0.3 is 21.1 Å². The number of nitrogens with one attached hydrogen (secondary N) is 1. The number of rotatable bonds is 7. The van der Waals surface area contributed by atoms with E-state index in [0.29, 0.717) is 42.1 Å². The molecule has 0 spiro atoms. The number of benzene rings is 2. The van der Waals surface area contributed by atoms with Gasteiger partial charge in [0.2, 0.25) is 0 Å². The lowest BCUT2D eigenvalue weighted by Crippen LogP contribution is -2.27. The summed E-state index contributed by atoms with van der Waals surface area (Å²) in [5, 5.41) is 15.3. The van der Waals surface area contributed by atoms with Gasteiger partial charge in [-0.05, 0) is 65.7 Å². The number of halogens is 1. The highest BCUT2D eigenvalue weighted by atomic mass is 35.5. The van der Waals surface area contributed by atoms with Crippen LogP contribution in [-0.2, 0) is 12.8 Å². The second-order valence-corrected chi connectivity index (χ2v) is 8.92. The minimum atomic E-state index is -0.153. The van der Waals surface area contributed by atoms with Crippen molar-refractivity contribution < 1.29 is 9.90 Å². The predicted octanol–water partition coefficient (Wildman–Crippen LogP) is 6.49. The van der Waals surface area contributed by atoms with E-state index in [1.807, 2.05) is 46.8 Å². The standard InChI is InChI=1S/C25H29ClN4O3.2C2H6/c1-2-15-12-22(29-33)20(26)13-18(15)24-21(27)14-19-16(23-8-4-10-30(23)24)6-3-7-17(19)25(32)28-9-5-11-31;2*1-2/h3,6-7,12-13,23,31H,2,4-5,8-11,14,27H2,1H3,(H,28,32);2*1-2H3. The average molecular weight is 529 g/mol. The molecule has 1 amide bonds. The van der Waals surface area contributed by atoms with E-state index in [9.17, 15) is 9.70 Å². The molecule has 0 aliphatic carbocycles. The average Bonchev–Trinajstić information content (AvgIpc) is 3.36. The molecular formula is C29H41ClN4O3. The van der Waals surface area contributed by atoms with E-state index in [0.717, 1.165) is 47.3 Å². The topological polar surface area (TPSA) is 108 Å². The van der Waals surface area contributed by atoms with Crippen molar-refractivity contribution in [3.63, 3.8) is 0 Å². The first kappa shape index (κ1) is 30.3. The molecule has 1 unspecified atom stereocenters. The molecule has 1 atom stereocenters. The molecule has 2 aromatic carbocycles. The fourth-order valence-electron chi connectivity index (χ4n) is 5.04. The van der Waals surface area contributed by atoms with Gasteiger partial charge in [-0.25, -0.2) is 0 Å². The molecule has 0 saturated carbocycles. The maximum atomic E-state index is 12.9.